The Morgan fingerprint density at radius 2 is 1.86 bits per heavy atom. The number of aromatic nitrogens is 2. The highest BCUT2D eigenvalue weighted by atomic mass is 32.1. The van der Waals surface area contributed by atoms with Crippen LogP contribution in [0.3, 0.4) is 0 Å². The van der Waals surface area contributed by atoms with Crippen molar-refractivity contribution < 1.29 is 9.90 Å². The zero-order valence-corrected chi connectivity index (χ0v) is 26.6. The van der Waals surface area contributed by atoms with Crippen molar-refractivity contribution in [2.75, 3.05) is 26.2 Å². The van der Waals surface area contributed by atoms with Gasteiger partial charge in [0.25, 0.3) is 5.91 Å². The number of pyridine rings is 2. The number of piperidine rings is 1. The quantitative estimate of drug-likeness (QED) is 0.233. The number of carbonyl (C=O) groups excluding carboxylic acids is 1. The number of fused-ring (bicyclic) bond motifs is 3. The van der Waals surface area contributed by atoms with Crippen LogP contribution in [0.25, 0.3) is 21.3 Å². The van der Waals surface area contributed by atoms with Crippen molar-refractivity contribution in [2.24, 2.45) is 29.1 Å². The van der Waals surface area contributed by atoms with E-state index in [4.69, 9.17) is 4.98 Å². The van der Waals surface area contributed by atoms with E-state index < -0.39 is 0 Å². The monoisotopic (exact) mass is 610 g/mol. The molecule has 7 rings (SSSR count). The fraction of sp³-hybridized carbons (Fsp3) is 0.472. The summed E-state index contributed by atoms with van der Waals surface area (Å²) in [5.41, 5.74) is 5.70. The maximum absolute atomic E-state index is 13.8. The minimum Gasteiger partial charge on any atom is -0.396 e. The number of thiophene rings is 1. The molecule has 8 heteroatoms. The molecule has 4 atom stereocenters. The number of aliphatic hydroxyl groups excluding tert-OH is 1. The molecule has 2 unspecified atom stereocenters. The van der Waals surface area contributed by atoms with Gasteiger partial charge < -0.3 is 20.3 Å². The molecule has 4 heterocycles. The third kappa shape index (κ3) is 5.87. The predicted octanol–water partition coefficient (Wildman–Crippen LogP) is 5.83. The number of amides is 1. The van der Waals surface area contributed by atoms with Crippen LogP contribution < -0.4 is 10.9 Å². The summed E-state index contributed by atoms with van der Waals surface area (Å²) in [6.07, 6.45) is 5.74. The molecule has 0 radical (unpaired) electrons. The van der Waals surface area contributed by atoms with E-state index in [2.05, 4.69) is 66.3 Å². The summed E-state index contributed by atoms with van der Waals surface area (Å²) in [4.78, 5) is 37.2. The number of hydrogen-bond donors (Lipinski definition) is 3. The summed E-state index contributed by atoms with van der Waals surface area (Å²) in [6.45, 7) is 10.2. The molecule has 230 valence electrons. The summed E-state index contributed by atoms with van der Waals surface area (Å²) in [6, 6.07) is 15.8. The molecule has 1 saturated carbocycles. The number of aromatic amines is 1. The lowest BCUT2D eigenvalue weighted by Crippen LogP contribution is -2.33. The lowest BCUT2D eigenvalue weighted by molar-refractivity contribution is 0.0935. The van der Waals surface area contributed by atoms with E-state index in [1.807, 2.05) is 12.1 Å². The van der Waals surface area contributed by atoms with Crippen molar-refractivity contribution in [2.45, 2.75) is 52.5 Å². The number of nitrogens with zero attached hydrogens (tertiary/aromatic N) is 2. The number of likely N-dealkylation sites (tertiary alicyclic amines) is 1. The van der Waals surface area contributed by atoms with Crippen LogP contribution in [0.4, 0.5) is 0 Å². The number of rotatable bonds is 8. The predicted molar refractivity (Wildman–Crippen MR) is 176 cm³/mol. The standard InChI is InChI=1S/C36H42N4O3S/c1-36(2,3)26-9-10-30-24(15-26)14-25-16-32(44-35(25)39-30)34(43)38-31(12-13-40-18-27-28(19-40)29(27)20-41)22-6-4-21(5-7-22)23-8-11-33(42)37-17-23/h4-8,11,14,16-17,26-29,31,41H,9-10,12-13,15,18-20H2,1-3H3,(H,37,42)(H,38,43)/t26-,27?,28?,29?,31+/m0/s1. The molecule has 3 aromatic heterocycles. The van der Waals surface area contributed by atoms with Gasteiger partial charge in [-0.2, -0.15) is 0 Å². The summed E-state index contributed by atoms with van der Waals surface area (Å²) >= 11 is 1.49. The summed E-state index contributed by atoms with van der Waals surface area (Å²) in [5, 5.41) is 14.0. The topological polar surface area (TPSA) is 98.3 Å². The van der Waals surface area contributed by atoms with E-state index in [0.29, 0.717) is 35.2 Å². The van der Waals surface area contributed by atoms with E-state index >= 15 is 0 Å². The average Bonchev–Trinajstić information content (AvgIpc) is 3.29. The van der Waals surface area contributed by atoms with Crippen LogP contribution in [0.15, 0.2) is 59.5 Å². The Balaban J connectivity index is 1.10. The maximum Gasteiger partial charge on any atom is 0.261 e. The SMILES string of the molecule is CC(C)(C)[C@H]1CCc2nc3sc(C(=O)N[C@H](CCN4CC5C(CO)C5C4)c4ccc(-c5ccc(=O)[nH]c5)cc4)cc3cc2C1. The molecule has 3 aliphatic rings. The second-order valence-corrected chi connectivity index (χ2v) is 15.2. The zero-order chi connectivity index (χ0) is 30.6. The molecular weight excluding hydrogens is 568 g/mol. The fourth-order valence-corrected chi connectivity index (χ4v) is 8.46. The van der Waals surface area contributed by atoms with E-state index in [0.717, 1.165) is 72.2 Å². The Labute approximate surface area is 262 Å². The second kappa shape index (κ2) is 11.5. The van der Waals surface area contributed by atoms with E-state index in [-0.39, 0.29) is 22.9 Å². The zero-order valence-electron chi connectivity index (χ0n) is 25.8. The van der Waals surface area contributed by atoms with Gasteiger partial charge in [-0.05, 0) is 95.2 Å². The van der Waals surface area contributed by atoms with Crippen molar-refractivity contribution in [3.63, 3.8) is 0 Å². The molecule has 4 aromatic rings. The molecule has 0 bridgehead atoms. The molecule has 2 fully saturated rings. The molecule has 0 spiro atoms. The number of hydrogen-bond acceptors (Lipinski definition) is 6. The Hall–Kier alpha value is -3.33. The van der Waals surface area contributed by atoms with Crippen molar-refractivity contribution in [3.8, 4) is 11.1 Å². The molecule has 44 heavy (non-hydrogen) atoms. The van der Waals surface area contributed by atoms with Crippen LogP contribution in [0.2, 0.25) is 0 Å². The molecule has 1 aliphatic heterocycles. The average molecular weight is 611 g/mol. The maximum atomic E-state index is 13.8. The van der Waals surface area contributed by atoms with Gasteiger partial charge in [0, 0.05) is 49.6 Å². The number of aliphatic hydroxyl groups is 1. The highest BCUT2D eigenvalue weighted by Crippen LogP contribution is 2.51. The fourth-order valence-electron chi connectivity index (χ4n) is 7.53. The number of H-pyrrole nitrogens is 1. The third-order valence-corrected chi connectivity index (χ3v) is 11.5. The first-order valence-corrected chi connectivity index (χ1v) is 16.8. The smallest absolute Gasteiger partial charge is 0.261 e. The molecule has 3 N–H and O–H groups in total. The van der Waals surface area contributed by atoms with Crippen molar-refractivity contribution in [1.29, 1.82) is 0 Å². The molecule has 7 nitrogen and oxygen atoms in total. The van der Waals surface area contributed by atoms with Crippen LogP contribution in [0, 0.1) is 29.1 Å². The normalized spacial score (nSPS) is 23.7. The Morgan fingerprint density at radius 1 is 1.11 bits per heavy atom. The third-order valence-electron chi connectivity index (χ3n) is 10.4. The molecule has 1 amide bonds. The first kappa shape index (κ1) is 29.4. The van der Waals surface area contributed by atoms with E-state index in [1.54, 1.807) is 6.20 Å². The van der Waals surface area contributed by atoms with Crippen molar-refractivity contribution in [3.05, 3.63) is 86.8 Å². The Kier molecular flexibility index (Phi) is 7.71. The summed E-state index contributed by atoms with van der Waals surface area (Å²) in [5.74, 6) is 2.31. The minimum absolute atomic E-state index is 0.0575. The molecule has 2 aliphatic carbocycles. The van der Waals surface area contributed by atoms with Gasteiger partial charge in [0.2, 0.25) is 5.56 Å². The highest BCUT2D eigenvalue weighted by molar-refractivity contribution is 7.20. The molecule has 1 aromatic carbocycles. The van der Waals surface area contributed by atoms with Crippen molar-refractivity contribution >= 4 is 27.5 Å². The largest absolute Gasteiger partial charge is 0.396 e. The second-order valence-electron chi connectivity index (χ2n) is 14.2. The van der Waals surface area contributed by atoms with Crippen LogP contribution in [0.5, 0.6) is 0 Å². The van der Waals surface area contributed by atoms with Gasteiger partial charge in [-0.3, -0.25) is 9.59 Å². The van der Waals surface area contributed by atoms with Crippen molar-refractivity contribution in [1.82, 2.24) is 20.2 Å². The van der Waals surface area contributed by atoms with Gasteiger partial charge in [-0.25, -0.2) is 4.98 Å². The Bertz CT molecular complexity index is 1700. The molecule has 1 saturated heterocycles. The first-order chi connectivity index (χ1) is 21.2. The van der Waals surface area contributed by atoms with Crippen LogP contribution in [-0.4, -0.2) is 52.1 Å². The lowest BCUT2D eigenvalue weighted by atomic mass is 9.71. The number of carbonyl (C=O) groups is 1. The number of aryl methyl sites for hydroxylation is 1. The van der Waals surface area contributed by atoms with Crippen LogP contribution in [0.1, 0.15) is 66.1 Å². The summed E-state index contributed by atoms with van der Waals surface area (Å²) in [7, 11) is 0. The van der Waals surface area contributed by atoms with Gasteiger partial charge in [-0.15, -0.1) is 11.3 Å². The number of nitrogens with one attached hydrogen (secondary N) is 2. The van der Waals surface area contributed by atoms with E-state index in [1.165, 1.54) is 28.7 Å². The summed E-state index contributed by atoms with van der Waals surface area (Å²) < 4.78 is 0. The first-order valence-electron chi connectivity index (χ1n) is 16.0. The molecular formula is C36H42N4O3S. The van der Waals surface area contributed by atoms with E-state index in [9.17, 15) is 14.7 Å². The van der Waals surface area contributed by atoms with Crippen LogP contribution in [-0.2, 0) is 12.8 Å². The van der Waals surface area contributed by atoms with Gasteiger partial charge >= 0.3 is 0 Å². The van der Waals surface area contributed by atoms with Crippen LogP contribution >= 0.6 is 11.3 Å². The minimum atomic E-state index is -0.142. The van der Waals surface area contributed by atoms with Gasteiger partial charge in [0.1, 0.15) is 4.83 Å². The number of benzene rings is 1. The van der Waals surface area contributed by atoms with Gasteiger partial charge in [0.15, 0.2) is 0 Å². The Morgan fingerprint density at radius 3 is 2.55 bits per heavy atom. The lowest BCUT2D eigenvalue weighted by Gasteiger charge is -2.34. The highest BCUT2D eigenvalue weighted by Gasteiger charge is 2.54. The van der Waals surface area contributed by atoms with Gasteiger partial charge in [0.05, 0.1) is 10.9 Å². The van der Waals surface area contributed by atoms with Gasteiger partial charge in [-0.1, -0.05) is 45.0 Å².